The zero-order valence-corrected chi connectivity index (χ0v) is 9.74. The minimum atomic E-state index is 0.738. The fraction of sp³-hybridized carbons (Fsp3) is 0.273. The van der Waals surface area contributed by atoms with Crippen molar-refractivity contribution in [2.24, 2.45) is 0 Å². The number of benzene rings is 1. The van der Waals surface area contributed by atoms with Crippen molar-refractivity contribution in [2.45, 2.75) is 13.3 Å². The molecule has 0 aliphatic heterocycles. The minimum absolute atomic E-state index is 0.738. The Balaban J connectivity index is 2.95. The number of aryl methyl sites for hydroxylation is 1. The monoisotopic (exact) mass is 256 g/mol. The highest BCUT2D eigenvalue weighted by Crippen LogP contribution is 2.17. The van der Waals surface area contributed by atoms with E-state index in [0.717, 1.165) is 27.9 Å². The van der Waals surface area contributed by atoms with E-state index in [9.17, 15) is 0 Å². The van der Waals surface area contributed by atoms with Crippen LogP contribution >= 0.6 is 27.5 Å². The van der Waals surface area contributed by atoms with E-state index in [1.54, 1.807) is 0 Å². The summed E-state index contributed by atoms with van der Waals surface area (Å²) >= 11 is 9.32. The van der Waals surface area contributed by atoms with Gasteiger partial charge in [-0.05, 0) is 18.6 Å². The summed E-state index contributed by atoms with van der Waals surface area (Å²) in [6, 6.07) is 5.82. The Hall–Kier alpha value is -0.450. The molecule has 1 aromatic carbocycles. The summed E-state index contributed by atoms with van der Waals surface area (Å²) in [6.45, 7) is 2.02. The number of hydrogen-bond acceptors (Lipinski definition) is 0. The lowest BCUT2D eigenvalue weighted by molar-refractivity contribution is 1.31. The second-order valence-electron chi connectivity index (χ2n) is 2.67. The standard InChI is InChI=1S/C11H10BrCl/c1-9-5-4-7-11(13)10(9)6-2-3-8-12/h4-5,7H,3,8H2,1H3. The molecule has 13 heavy (non-hydrogen) atoms. The Morgan fingerprint density at radius 2 is 2.23 bits per heavy atom. The fourth-order valence-corrected chi connectivity index (χ4v) is 1.46. The molecule has 0 radical (unpaired) electrons. The first-order valence-electron chi connectivity index (χ1n) is 4.05. The second kappa shape index (κ2) is 5.32. The second-order valence-corrected chi connectivity index (χ2v) is 3.87. The number of halogens is 2. The van der Waals surface area contributed by atoms with Crippen LogP contribution < -0.4 is 0 Å². The van der Waals surface area contributed by atoms with E-state index in [4.69, 9.17) is 11.6 Å². The summed E-state index contributed by atoms with van der Waals surface area (Å²) in [4.78, 5) is 0. The first-order chi connectivity index (χ1) is 6.25. The van der Waals surface area contributed by atoms with Crippen molar-refractivity contribution in [1.82, 2.24) is 0 Å². The highest BCUT2D eigenvalue weighted by molar-refractivity contribution is 9.09. The van der Waals surface area contributed by atoms with Gasteiger partial charge >= 0.3 is 0 Å². The maximum Gasteiger partial charge on any atom is 0.0565 e. The lowest BCUT2D eigenvalue weighted by atomic mass is 10.1. The molecule has 0 saturated heterocycles. The molecular weight excluding hydrogens is 247 g/mol. The molecule has 2 heteroatoms. The van der Waals surface area contributed by atoms with Gasteiger partial charge in [0, 0.05) is 17.3 Å². The van der Waals surface area contributed by atoms with Gasteiger partial charge < -0.3 is 0 Å². The van der Waals surface area contributed by atoms with E-state index in [0.29, 0.717) is 0 Å². The largest absolute Gasteiger partial charge is 0.0970 e. The van der Waals surface area contributed by atoms with Gasteiger partial charge in [0.15, 0.2) is 0 Å². The lowest BCUT2D eigenvalue weighted by Crippen LogP contribution is -1.82. The molecule has 0 atom stereocenters. The molecule has 0 heterocycles. The van der Waals surface area contributed by atoms with Gasteiger partial charge in [-0.1, -0.05) is 51.5 Å². The average molecular weight is 258 g/mol. The van der Waals surface area contributed by atoms with Crippen molar-refractivity contribution < 1.29 is 0 Å². The molecule has 0 aliphatic carbocycles. The van der Waals surface area contributed by atoms with E-state index in [-0.39, 0.29) is 0 Å². The smallest absolute Gasteiger partial charge is 0.0565 e. The van der Waals surface area contributed by atoms with Crippen LogP contribution in [0, 0.1) is 18.8 Å². The quantitative estimate of drug-likeness (QED) is 0.530. The van der Waals surface area contributed by atoms with Gasteiger partial charge in [0.25, 0.3) is 0 Å². The first kappa shape index (κ1) is 10.6. The molecule has 0 spiro atoms. The normalized spacial score (nSPS) is 9.15. The zero-order valence-electron chi connectivity index (χ0n) is 7.40. The summed E-state index contributed by atoms with van der Waals surface area (Å²) < 4.78 is 0. The minimum Gasteiger partial charge on any atom is -0.0970 e. The summed E-state index contributed by atoms with van der Waals surface area (Å²) in [5.74, 6) is 6.12. The van der Waals surface area contributed by atoms with Crippen LogP contribution in [0.3, 0.4) is 0 Å². The van der Waals surface area contributed by atoms with Crippen LogP contribution in [0.4, 0.5) is 0 Å². The summed E-state index contributed by atoms with van der Waals surface area (Å²) in [5.41, 5.74) is 2.08. The third kappa shape index (κ3) is 3.06. The van der Waals surface area contributed by atoms with Crippen molar-refractivity contribution in [3.05, 3.63) is 34.3 Å². The summed E-state index contributed by atoms with van der Waals surface area (Å²) in [5, 5.41) is 1.64. The van der Waals surface area contributed by atoms with Gasteiger partial charge in [0.2, 0.25) is 0 Å². The maximum absolute atomic E-state index is 5.99. The highest BCUT2D eigenvalue weighted by Gasteiger charge is 1.98. The lowest BCUT2D eigenvalue weighted by Gasteiger charge is -1.98. The molecule has 68 valence electrons. The van der Waals surface area contributed by atoms with Gasteiger partial charge in [-0.3, -0.25) is 0 Å². The van der Waals surface area contributed by atoms with Crippen molar-refractivity contribution >= 4 is 27.5 Å². The number of rotatable bonds is 1. The molecule has 0 bridgehead atoms. The third-order valence-electron chi connectivity index (χ3n) is 1.65. The Labute approximate surface area is 92.4 Å². The van der Waals surface area contributed by atoms with Crippen LogP contribution in [0.2, 0.25) is 5.02 Å². The summed E-state index contributed by atoms with van der Waals surface area (Å²) in [7, 11) is 0. The molecule has 0 nitrogen and oxygen atoms in total. The van der Waals surface area contributed by atoms with E-state index < -0.39 is 0 Å². The van der Waals surface area contributed by atoms with Crippen molar-refractivity contribution in [3.8, 4) is 11.8 Å². The van der Waals surface area contributed by atoms with Crippen LogP contribution in [-0.2, 0) is 0 Å². The Morgan fingerprint density at radius 1 is 1.46 bits per heavy atom. The molecule has 0 amide bonds. The van der Waals surface area contributed by atoms with Crippen molar-refractivity contribution in [3.63, 3.8) is 0 Å². The SMILES string of the molecule is Cc1cccc(Cl)c1C#CCCBr. The fourth-order valence-electron chi connectivity index (χ4n) is 0.988. The predicted molar refractivity (Wildman–Crippen MR) is 61.5 cm³/mol. The summed E-state index contributed by atoms with van der Waals surface area (Å²) in [6.07, 6.45) is 0.852. The highest BCUT2D eigenvalue weighted by atomic mass is 79.9. The molecule has 0 fully saturated rings. The molecule has 0 aromatic heterocycles. The van der Waals surface area contributed by atoms with Crippen LogP contribution in [0.1, 0.15) is 17.5 Å². The van der Waals surface area contributed by atoms with E-state index in [1.807, 2.05) is 25.1 Å². The molecule has 1 rings (SSSR count). The van der Waals surface area contributed by atoms with Gasteiger partial charge in [-0.25, -0.2) is 0 Å². The Kier molecular flexibility index (Phi) is 4.35. The van der Waals surface area contributed by atoms with Crippen LogP contribution in [0.15, 0.2) is 18.2 Å². The molecule has 0 N–H and O–H groups in total. The zero-order chi connectivity index (χ0) is 9.68. The van der Waals surface area contributed by atoms with Crippen LogP contribution in [0.5, 0.6) is 0 Å². The third-order valence-corrected chi connectivity index (χ3v) is 2.37. The molecule has 0 saturated carbocycles. The van der Waals surface area contributed by atoms with Crippen LogP contribution in [-0.4, -0.2) is 5.33 Å². The molecular formula is C11H10BrCl. The average Bonchev–Trinajstić information content (AvgIpc) is 2.10. The van der Waals surface area contributed by atoms with Gasteiger partial charge in [0.1, 0.15) is 0 Å². The topological polar surface area (TPSA) is 0 Å². The van der Waals surface area contributed by atoms with Gasteiger partial charge in [0.05, 0.1) is 5.02 Å². The van der Waals surface area contributed by atoms with Crippen LogP contribution in [0.25, 0.3) is 0 Å². The van der Waals surface area contributed by atoms with E-state index in [2.05, 4.69) is 27.8 Å². The number of hydrogen-bond donors (Lipinski definition) is 0. The predicted octanol–water partition coefficient (Wildman–Crippen LogP) is 3.78. The van der Waals surface area contributed by atoms with E-state index >= 15 is 0 Å². The molecule has 1 aromatic rings. The molecule has 0 aliphatic rings. The van der Waals surface area contributed by atoms with Gasteiger partial charge in [-0.15, -0.1) is 0 Å². The van der Waals surface area contributed by atoms with E-state index in [1.165, 1.54) is 0 Å². The Morgan fingerprint density at radius 3 is 2.85 bits per heavy atom. The van der Waals surface area contributed by atoms with Crippen molar-refractivity contribution in [1.29, 1.82) is 0 Å². The van der Waals surface area contributed by atoms with Gasteiger partial charge in [-0.2, -0.15) is 0 Å². The first-order valence-corrected chi connectivity index (χ1v) is 5.55. The Bertz CT molecular complexity index is 327. The van der Waals surface area contributed by atoms with Crippen molar-refractivity contribution in [2.75, 3.05) is 5.33 Å². The maximum atomic E-state index is 5.99. The number of alkyl halides is 1. The molecule has 0 unspecified atom stereocenters.